The average molecular weight is 490 g/mol. The molecule has 1 aliphatic rings. The average Bonchev–Trinajstić information content (AvgIpc) is 3.21. The lowest BCUT2D eigenvalue weighted by Crippen LogP contribution is -2.37. The number of nitrogens with zero attached hydrogens (tertiary/aromatic N) is 2. The van der Waals surface area contributed by atoms with Crippen LogP contribution in [0.25, 0.3) is 11.0 Å². The molecule has 0 radical (unpaired) electrons. The van der Waals surface area contributed by atoms with E-state index < -0.39 is 39.4 Å². The summed E-state index contributed by atoms with van der Waals surface area (Å²) in [5.74, 6) is -3.91. The van der Waals surface area contributed by atoms with Crippen molar-refractivity contribution in [3.05, 3.63) is 66.0 Å². The fourth-order valence-electron chi connectivity index (χ4n) is 3.67. The first-order valence-corrected chi connectivity index (χ1v) is 12.0. The number of phenols is 1. The molecule has 2 atom stereocenters. The van der Waals surface area contributed by atoms with Gasteiger partial charge in [-0.25, -0.2) is 27.2 Å². The summed E-state index contributed by atoms with van der Waals surface area (Å²) in [4.78, 5) is 24.3. The number of phenolic OH excluding ortho intramolecular Hbond substituents is 1. The van der Waals surface area contributed by atoms with Crippen molar-refractivity contribution in [3.63, 3.8) is 0 Å². The van der Waals surface area contributed by atoms with E-state index in [2.05, 4.69) is 25.0 Å². The maximum absolute atomic E-state index is 15.3. The van der Waals surface area contributed by atoms with Crippen molar-refractivity contribution in [1.29, 1.82) is 0 Å². The topological polar surface area (TPSA) is 137 Å². The maximum Gasteiger partial charge on any atom is 0.232 e. The van der Waals surface area contributed by atoms with Crippen molar-refractivity contribution in [3.8, 4) is 5.75 Å². The molecule has 9 nitrogen and oxygen atoms in total. The fraction of sp³-hybridized carbons (Fsp3) is 0.227. The highest BCUT2D eigenvalue weighted by Crippen LogP contribution is 2.35. The van der Waals surface area contributed by atoms with E-state index >= 15 is 4.39 Å². The van der Waals surface area contributed by atoms with Gasteiger partial charge in [0.15, 0.2) is 12.0 Å². The van der Waals surface area contributed by atoms with Gasteiger partial charge in [-0.3, -0.25) is 9.52 Å². The van der Waals surface area contributed by atoms with Crippen LogP contribution in [0.3, 0.4) is 0 Å². The number of Topliss-reactive ketones (excluding diaryl/α,β-unsaturated/α-hetero) is 1. The van der Waals surface area contributed by atoms with Gasteiger partial charge in [0.05, 0.1) is 16.8 Å². The van der Waals surface area contributed by atoms with Crippen LogP contribution in [-0.4, -0.2) is 46.2 Å². The Morgan fingerprint density at radius 2 is 2.06 bits per heavy atom. The molecular formula is C22H21F2N5O4S. The minimum Gasteiger partial charge on any atom is -0.508 e. The van der Waals surface area contributed by atoms with E-state index in [1.807, 2.05) is 0 Å². The smallest absolute Gasteiger partial charge is 0.232 e. The van der Waals surface area contributed by atoms with Crippen LogP contribution in [0.15, 0.2) is 60.5 Å². The molecule has 4 N–H and O–H groups in total. The number of H-pyrrole nitrogens is 1. The number of hydrogen-bond donors (Lipinski definition) is 4. The summed E-state index contributed by atoms with van der Waals surface area (Å²) in [5, 5.41) is 12.9. The molecule has 0 spiro atoms. The van der Waals surface area contributed by atoms with Gasteiger partial charge in [0.1, 0.15) is 35.3 Å². The Kier molecular flexibility index (Phi) is 6.33. The summed E-state index contributed by atoms with van der Waals surface area (Å²) in [5.41, 5.74) is 0.216. The highest BCUT2D eigenvalue weighted by molar-refractivity contribution is 7.89. The van der Waals surface area contributed by atoms with E-state index in [1.54, 1.807) is 19.1 Å². The zero-order valence-corrected chi connectivity index (χ0v) is 18.7. The molecule has 0 bridgehead atoms. The summed E-state index contributed by atoms with van der Waals surface area (Å²) in [6, 6.07) is 6.17. The molecular weight excluding hydrogens is 468 g/mol. The SMILES string of the molecule is CCCS(=O)(=O)NC1=CC=C(F)[C@H](C(=O)c2c[nH]c3ncnc(Nc4cccc(O)c4)c23)C1F. The molecule has 34 heavy (non-hydrogen) atoms. The Labute approximate surface area is 193 Å². The Hall–Kier alpha value is -3.80. The molecule has 1 unspecified atom stereocenters. The van der Waals surface area contributed by atoms with Gasteiger partial charge < -0.3 is 15.4 Å². The predicted octanol–water partition coefficient (Wildman–Crippen LogP) is 3.62. The van der Waals surface area contributed by atoms with E-state index in [-0.39, 0.29) is 33.9 Å². The number of hydrogen-bond acceptors (Lipinski definition) is 7. The van der Waals surface area contributed by atoms with Crippen molar-refractivity contribution in [2.75, 3.05) is 11.1 Å². The summed E-state index contributed by atoms with van der Waals surface area (Å²) in [6.07, 6.45) is 2.41. The van der Waals surface area contributed by atoms with Gasteiger partial charge in [0, 0.05) is 23.5 Å². The molecule has 1 aliphatic carbocycles. The molecule has 0 aliphatic heterocycles. The summed E-state index contributed by atoms with van der Waals surface area (Å²) >= 11 is 0. The van der Waals surface area contributed by atoms with Gasteiger partial charge >= 0.3 is 0 Å². The van der Waals surface area contributed by atoms with E-state index in [4.69, 9.17) is 0 Å². The highest BCUT2D eigenvalue weighted by Gasteiger charge is 2.40. The number of nitrogens with one attached hydrogen (secondary N) is 3. The second-order valence-corrected chi connectivity index (χ2v) is 9.50. The third kappa shape index (κ3) is 4.62. The molecule has 3 aromatic rings. The first-order valence-electron chi connectivity index (χ1n) is 10.3. The second-order valence-electron chi connectivity index (χ2n) is 7.66. The van der Waals surface area contributed by atoms with Crippen molar-refractivity contribution < 1.29 is 27.1 Å². The number of aromatic hydroxyl groups is 1. The number of anilines is 2. The molecule has 0 saturated carbocycles. The van der Waals surface area contributed by atoms with Crippen molar-refractivity contribution >= 4 is 38.3 Å². The van der Waals surface area contributed by atoms with Crippen LogP contribution in [0.5, 0.6) is 5.75 Å². The van der Waals surface area contributed by atoms with Crippen molar-refractivity contribution in [2.45, 2.75) is 19.5 Å². The van der Waals surface area contributed by atoms with E-state index in [9.17, 15) is 22.7 Å². The second kappa shape index (κ2) is 9.21. The van der Waals surface area contributed by atoms with Crippen molar-refractivity contribution in [2.24, 2.45) is 5.92 Å². The molecule has 1 aromatic carbocycles. The lowest BCUT2D eigenvalue weighted by molar-refractivity contribution is 0.0870. The van der Waals surface area contributed by atoms with Gasteiger partial charge in [-0.15, -0.1) is 0 Å². The van der Waals surface area contributed by atoms with Crippen LogP contribution in [0.4, 0.5) is 20.3 Å². The number of allylic oxidation sites excluding steroid dienone is 4. The van der Waals surface area contributed by atoms with Gasteiger partial charge in [0.2, 0.25) is 10.0 Å². The van der Waals surface area contributed by atoms with Crippen LogP contribution in [0, 0.1) is 5.92 Å². The Morgan fingerprint density at radius 1 is 1.26 bits per heavy atom. The first-order chi connectivity index (χ1) is 16.2. The van der Waals surface area contributed by atoms with Gasteiger partial charge in [0.25, 0.3) is 0 Å². The maximum atomic E-state index is 15.3. The minimum absolute atomic E-state index is 0.000181. The van der Waals surface area contributed by atoms with E-state index in [0.717, 1.165) is 12.2 Å². The summed E-state index contributed by atoms with van der Waals surface area (Å²) in [6.45, 7) is 1.65. The quantitative estimate of drug-likeness (QED) is 0.355. The van der Waals surface area contributed by atoms with Gasteiger partial charge in [-0.05, 0) is 30.7 Å². The Morgan fingerprint density at radius 3 is 2.79 bits per heavy atom. The minimum atomic E-state index is -3.84. The molecule has 0 fully saturated rings. The van der Waals surface area contributed by atoms with E-state index in [1.165, 1.54) is 24.7 Å². The standard InChI is InChI=1S/C22H21F2N5O4S/c1-2-8-34(32,33)29-16-7-6-15(23)18(19(16)24)20(31)14-10-25-21-17(14)22(27-11-26-21)28-12-4-3-5-13(30)9-12/h3-7,9-11,18-19,29-30H,2,8H2,1H3,(H2,25,26,27,28)/t18-,19?/m0/s1. The third-order valence-corrected chi connectivity index (χ3v) is 6.67. The van der Waals surface area contributed by atoms with E-state index in [0.29, 0.717) is 12.1 Å². The Bertz CT molecular complexity index is 1420. The fourth-order valence-corrected chi connectivity index (χ4v) is 4.85. The number of rotatable bonds is 8. The normalized spacial score (nSPS) is 18.3. The number of fused-ring (bicyclic) bond motifs is 1. The predicted molar refractivity (Wildman–Crippen MR) is 122 cm³/mol. The van der Waals surface area contributed by atoms with Crippen LogP contribution >= 0.6 is 0 Å². The summed E-state index contributed by atoms with van der Waals surface area (Å²) < 4.78 is 56.2. The molecule has 0 amide bonds. The van der Waals surface area contributed by atoms with Crippen LogP contribution in [-0.2, 0) is 10.0 Å². The molecule has 2 heterocycles. The highest BCUT2D eigenvalue weighted by atomic mass is 32.2. The van der Waals surface area contributed by atoms with Crippen LogP contribution in [0.1, 0.15) is 23.7 Å². The number of benzene rings is 1. The molecule has 0 saturated heterocycles. The third-order valence-electron chi connectivity index (χ3n) is 5.18. The largest absolute Gasteiger partial charge is 0.508 e. The zero-order chi connectivity index (χ0) is 24.5. The molecule has 2 aromatic heterocycles. The van der Waals surface area contributed by atoms with Crippen molar-refractivity contribution in [1.82, 2.24) is 19.7 Å². The number of ketones is 1. The molecule has 178 valence electrons. The first kappa shape index (κ1) is 23.4. The zero-order valence-electron chi connectivity index (χ0n) is 17.9. The number of alkyl halides is 1. The lowest BCUT2D eigenvalue weighted by Gasteiger charge is -2.24. The lowest BCUT2D eigenvalue weighted by atomic mass is 9.87. The number of aromatic amines is 1. The van der Waals surface area contributed by atoms with Gasteiger partial charge in [-0.2, -0.15) is 0 Å². The molecule has 12 heteroatoms. The summed E-state index contributed by atoms with van der Waals surface area (Å²) in [7, 11) is -3.84. The number of halogens is 2. The number of sulfonamides is 1. The number of aromatic nitrogens is 3. The Balaban J connectivity index is 1.69. The van der Waals surface area contributed by atoms with Crippen LogP contribution < -0.4 is 10.0 Å². The number of carbonyl (C=O) groups is 1. The van der Waals surface area contributed by atoms with Crippen LogP contribution in [0.2, 0.25) is 0 Å². The number of carbonyl (C=O) groups excluding carboxylic acids is 1. The monoisotopic (exact) mass is 489 g/mol. The van der Waals surface area contributed by atoms with Gasteiger partial charge in [-0.1, -0.05) is 13.0 Å². The molecule has 4 rings (SSSR count).